The van der Waals surface area contributed by atoms with Crippen molar-refractivity contribution in [2.45, 2.75) is 6.42 Å². The Morgan fingerprint density at radius 3 is 2.58 bits per heavy atom. The van der Waals surface area contributed by atoms with Crippen molar-refractivity contribution in [1.82, 2.24) is 9.97 Å². The van der Waals surface area contributed by atoms with Gasteiger partial charge in [-0.15, -0.1) is 0 Å². The molecule has 0 saturated heterocycles. The lowest BCUT2D eigenvalue weighted by atomic mass is 10.1. The summed E-state index contributed by atoms with van der Waals surface area (Å²) in [5.41, 5.74) is 1.12. The molecule has 19 heavy (non-hydrogen) atoms. The van der Waals surface area contributed by atoms with Crippen LogP contribution in [0.1, 0.15) is 6.42 Å². The highest BCUT2D eigenvalue weighted by Crippen LogP contribution is 2.21. The molecule has 0 N–H and O–H groups in total. The quantitative estimate of drug-likeness (QED) is 0.843. The van der Waals surface area contributed by atoms with Crippen molar-refractivity contribution < 1.29 is 4.39 Å². The van der Waals surface area contributed by atoms with E-state index in [9.17, 15) is 4.39 Å². The van der Waals surface area contributed by atoms with Crippen molar-refractivity contribution in [3.8, 4) is 17.2 Å². The van der Waals surface area contributed by atoms with E-state index in [0.717, 1.165) is 0 Å². The molecule has 0 bridgehead atoms. The lowest BCUT2D eigenvalue weighted by molar-refractivity contribution is 0.631. The van der Waals surface area contributed by atoms with E-state index in [1.165, 1.54) is 6.07 Å². The standard InChI is InChI=1S/C14H13FN4/c1-19(8-4-7-16)14-17-9-11(10-18-14)12-5-2-3-6-13(12)15/h2-3,5-6,9-10H,4,8H2,1H3. The van der Waals surface area contributed by atoms with Crippen molar-refractivity contribution in [3.63, 3.8) is 0 Å². The van der Waals surface area contributed by atoms with Gasteiger partial charge in [-0.3, -0.25) is 0 Å². The minimum atomic E-state index is -0.295. The van der Waals surface area contributed by atoms with Gasteiger partial charge in [0.2, 0.25) is 5.95 Å². The third kappa shape index (κ3) is 3.05. The minimum absolute atomic E-state index is 0.295. The molecule has 2 aromatic rings. The predicted molar refractivity (Wildman–Crippen MR) is 70.9 cm³/mol. The van der Waals surface area contributed by atoms with E-state index < -0.39 is 0 Å². The first-order valence-corrected chi connectivity index (χ1v) is 5.87. The molecule has 1 aromatic heterocycles. The molecule has 96 valence electrons. The summed E-state index contributed by atoms with van der Waals surface area (Å²) in [6.07, 6.45) is 3.59. The molecule has 0 atom stereocenters. The first kappa shape index (κ1) is 13.0. The normalized spacial score (nSPS) is 9.95. The average Bonchev–Trinajstić information content (AvgIpc) is 2.45. The second kappa shape index (κ2) is 5.91. The smallest absolute Gasteiger partial charge is 0.225 e. The second-order valence-corrected chi connectivity index (χ2v) is 4.08. The highest BCUT2D eigenvalue weighted by Gasteiger charge is 2.07. The van der Waals surface area contributed by atoms with E-state index in [1.807, 2.05) is 7.05 Å². The summed E-state index contributed by atoms with van der Waals surface area (Å²) < 4.78 is 13.6. The van der Waals surface area contributed by atoms with Crippen LogP contribution in [-0.4, -0.2) is 23.6 Å². The Morgan fingerprint density at radius 1 is 1.26 bits per heavy atom. The van der Waals surface area contributed by atoms with Crippen LogP contribution in [0.2, 0.25) is 0 Å². The average molecular weight is 256 g/mol. The summed E-state index contributed by atoms with van der Waals surface area (Å²) in [6.45, 7) is 0.565. The molecular weight excluding hydrogens is 243 g/mol. The van der Waals surface area contributed by atoms with E-state index in [2.05, 4.69) is 16.0 Å². The van der Waals surface area contributed by atoms with Gasteiger partial charge in [-0.05, 0) is 6.07 Å². The molecule has 0 aliphatic carbocycles. The van der Waals surface area contributed by atoms with Crippen LogP contribution in [0.25, 0.3) is 11.1 Å². The van der Waals surface area contributed by atoms with E-state index in [0.29, 0.717) is 30.0 Å². The van der Waals surface area contributed by atoms with Crippen molar-refractivity contribution in [2.75, 3.05) is 18.5 Å². The van der Waals surface area contributed by atoms with Gasteiger partial charge in [0.25, 0.3) is 0 Å². The second-order valence-electron chi connectivity index (χ2n) is 4.08. The summed E-state index contributed by atoms with van der Waals surface area (Å²) in [4.78, 5) is 10.2. The van der Waals surface area contributed by atoms with Gasteiger partial charge in [0.1, 0.15) is 5.82 Å². The highest BCUT2D eigenvalue weighted by molar-refractivity contribution is 5.62. The Hall–Kier alpha value is -2.48. The van der Waals surface area contributed by atoms with Crippen LogP contribution in [0, 0.1) is 17.1 Å². The molecule has 0 saturated carbocycles. The van der Waals surface area contributed by atoms with E-state index in [-0.39, 0.29) is 5.82 Å². The maximum atomic E-state index is 13.6. The Balaban J connectivity index is 2.20. The molecule has 5 heteroatoms. The van der Waals surface area contributed by atoms with Gasteiger partial charge >= 0.3 is 0 Å². The summed E-state index contributed by atoms with van der Waals surface area (Å²) in [6, 6.07) is 8.57. The number of benzene rings is 1. The maximum Gasteiger partial charge on any atom is 0.225 e. The lowest BCUT2D eigenvalue weighted by Crippen LogP contribution is -2.20. The molecule has 4 nitrogen and oxygen atoms in total. The Morgan fingerprint density at radius 2 is 1.95 bits per heavy atom. The van der Waals surface area contributed by atoms with Crippen LogP contribution in [0.5, 0.6) is 0 Å². The highest BCUT2D eigenvalue weighted by atomic mass is 19.1. The van der Waals surface area contributed by atoms with Gasteiger partial charge < -0.3 is 4.90 Å². The molecule has 0 fully saturated rings. The van der Waals surface area contributed by atoms with Crippen LogP contribution in [0.15, 0.2) is 36.7 Å². The number of hydrogen-bond donors (Lipinski definition) is 0. The maximum absolute atomic E-state index is 13.6. The molecule has 0 aliphatic heterocycles. The number of hydrogen-bond acceptors (Lipinski definition) is 4. The third-order valence-corrected chi connectivity index (χ3v) is 2.72. The van der Waals surface area contributed by atoms with Crippen molar-refractivity contribution in [2.24, 2.45) is 0 Å². The van der Waals surface area contributed by atoms with Crippen molar-refractivity contribution in [3.05, 3.63) is 42.5 Å². The SMILES string of the molecule is CN(CCC#N)c1ncc(-c2ccccc2F)cn1. The molecule has 0 radical (unpaired) electrons. The number of anilines is 1. The van der Waals surface area contributed by atoms with Crippen LogP contribution in [-0.2, 0) is 0 Å². The van der Waals surface area contributed by atoms with Crippen LogP contribution in [0.4, 0.5) is 10.3 Å². The lowest BCUT2D eigenvalue weighted by Gasteiger charge is -2.15. The molecule has 1 aromatic carbocycles. The molecule has 0 amide bonds. The third-order valence-electron chi connectivity index (χ3n) is 2.72. The van der Waals surface area contributed by atoms with Crippen LogP contribution in [0.3, 0.4) is 0 Å². The fourth-order valence-corrected chi connectivity index (χ4v) is 1.67. The molecule has 0 unspecified atom stereocenters. The molecule has 2 rings (SSSR count). The van der Waals surface area contributed by atoms with Gasteiger partial charge in [-0.2, -0.15) is 5.26 Å². The topological polar surface area (TPSA) is 52.8 Å². The zero-order valence-electron chi connectivity index (χ0n) is 10.5. The number of rotatable bonds is 4. The number of aromatic nitrogens is 2. The zero-order chi connectivity index (χ0) is 13.7. The van der Waals surface area contributed by atoms with E-state index >= 15 is 0 Å². The fourth-order valence-electron chi connectivity index (χ4n) is 1.67. The monoisotopic (exact) mass is 256 g/mol. The first-order chi connectivity index (χ1) is 9.22. The van der Waals surface area contributed by atoms with E-state index in [1.54, 1.807) is 35.5 Å². The Kier molecular flexibility index (Phi) is 4.04. The summed E-state index contributed by atoms with van der Waals surface area (Å²) >= 11 is 0. The Labute approximate surface area is 111 Å². The summed E-state index contributed by atoms with van der Waals surface area (Å²) in [5, 5.41) is 8.53. The van der Waals surface area contributed by atoms with Crippen molar-refractivity contribution >= 4 is 5.95 Å². The van der Waals surface area contributed by atoms with Gasteiger partial charge in [0.05, 0.1) is 12.5 Å². The molecule has 0 aliphatic rings. The zero-order valence-corrected chi connectivity index (χ0v) is 10.5. The number of halogens is 1. The van der Waals surface area contributed by atoms with Gasteiger partial charge in [0.15, 0.2) is 0 Å². The van der Waals surface area contributed by atoms with Gasteiger partial charge in [-0.25, -0.2) is 14.4 Å². The first-order valence-electron chi connectivity index (χ1n) is 5.87. The van der Waals surface area contributed by atoms with E-state index in [4.69, 9.17) is 5.26 Å². The number of nitriles is 1. The predicted octanol–water partition coefficient (Wildman–Crippen LogP) is 2.63. The van der Waals surface area contributed by atoms with Crippen LogP contribution < -0.4 is 4.90 Å². The Bertz CT molecular complexity index is 589. The fraction of sp³-hybridized carbons (Fsp3) is 0.214. The molecular formula is C14H13FN4. The molecule has 1 heterocycles. The van der Waals surface area contributed by atoms with Crippen LogP contribution >= 0.6 is 0 Å². The largest absolute Gasteiger partial charge is 0.343 e. The van der Waals surface area contributed by atoms with Gasteiger partial charge in [-0.1, -0.05) is 18.2 Å². The number of nitrogens with zero attached hydrogens (tertiary/aromatic N) is 4. The minimum Gasteiger partial charge on any atom is -0.343 e. The van der Waals surface area contributed by atoms with Gasteiger partial charge in [0, 0.05) is 37.1 Å². The van der Waals surface area contributed by atoms with Crippen molar-refractivity contribution in [1.29, 1.82) is 5.26 Å². The summed E-state index contributed by atoms with van der Waals surface area (Å²) in [5.74, 6) is 0.229. The summed E-state index contributed by atoms with van der Waals surface area (Å²) in [7, 11) is 1.81. The molecule has 0 spiro atoms.